The minimum Gasteiger partial charge on any atom is -0.508 e. The van der Waals surface area contributed by atoms with E-state index in [2.05, 4.69) is 4.72 Å². The number of nitriles is 1. The molecule has 0 aliphatic rings. The fourth-order valence-electron chi connectivity index (χ4n) is 1.69. The Morgan fingerprint density at radius 2 is 1.86 bits per heavy atom. The van der Waals surface area contributed by atoms with E-state index in [0.29, 0.717) is 11.1 Å². The molecule has 21 heavy (non-hydrogen) atoms. The van der Waals surface area contributed by atoms with Crippen LogP contribution >= 0.6 is 0 Å². The van der Waals surface area contributed by atoms with Gasteiger partial charge in [-0.05, 0) is 29.8 Å². The summed E-state index contributed by atoms with van der Waals surface area (Å²) in [5.41, 5.74) is 0.663. The number of phenols is 1. The Morgan fingerprint density at radius 1 is 1.19 bits per heavy atom. The van der Waals surface area contributed by atoms with Crippen LogP contribution in [-0.4, -0.2) is 13.5 Å². The molecule has 0 amide bonds. The van der Waals surface area contributed by atoms with Crippen LogP contribution in [0.3, 0.4) is 0 Å². The highest BCUT2D eigenvalue weighted by atomic mass is 32.2. The van der Waals surface area contributed by atoms with Crippen molar-refractivity contribution in [2.24, 2.45) is 0 Å². The van der Waals surface area contributed by atoms with Crippen LogP contribution in [0.15, 0.2) is 42.5 Å². The first-order valence-electron chi connectivity index (χ1n) is 5.88. The van der Waals surface area contributed by atoms with Gasteiger partial charge in [0.2, 0.25) is 10.0 Å². The molecule has 0 fully saturated rings. The zero-order chi connectivity index (χ0) is 15.5. The smallest absolute Gasteiger partial charge is 0.237 e. The van der Waals surface area contributed by atoms with Gasteiger partial charge in [-0.15, -0.1) is 0 Å². The topological polar surface area (TPSA) is 90.2 Å². The third-order valence-corrected chi connectivity index (χ3v) is 3.90. The molecule has 0 heterocycles. The van der Waals surface area contributed by atoms with Crippen LogP contribution < -0.4 is 4.72 Å². The number of phenolic OH excluding ortho intramolecular Hbond substituents is 1. The fourth-order valence-corrected chi connectivity index (χ4v) is 2.89. The lowest BCUT2D eigenvalue weighted by Crippen LogP contribution is -2.15. The van der Waals surface area contributed by atoms with Gasteiger partial charge in [-0.3, -0.25) is 4.72 Å². The molecule has 0 saturated heterocycles. The molecular weight excluding hydrogens is 295 g/mol. The summed E-state index contributed by atoms with van der Waals surface area (Å²) in [6.07, 6.45) is 0. The minimum absolute atomic E-state index is 0.235. The summed E-state index contributed by atoms with van der Waals surface area (Å²) in [6.45, 7) is 0. The lowest BCUT2D eigenvalue weighted by Gasteiger charge is -2.09. The van der Waals surface area contributed by atoms with Crippen molar-refractivity contribution in [1.29, 1.82) is 5.26 Å². The predicted molar refractivity (Wildman–Crippen MR) is 75.5 cm³/mol. The van der Waals surface area contributed by atoms with Crippen LogP contribution in [-0.2, 0) is 15.8 Å². The van der Waals surface area contributed by atoms with Crippen molar-refractivity contribution in [2.45, 2.75) is 5.75 Å². The molecule has 0 unspecified atom stereocenters. The second-order valence-electron chi connectivity index (χ2n) is 4.33. The van der Waals surface area contributed by atoms with Gasteiger partial charge < -0.3 is 5.11 Å². The molecule has 2 N–H and O–H groups in total. The second-order valence-corrected chi connectivity index (χ2v) is 6.06. The maximum absolute atomic E-state index is 13.5. The molecule has 5 nitrogen and oxygen atoms in total. The molecule has 2 rings (SSSR count). The summed E-state index contributed by atoms with van der Waals surface area (Å²) in [5.74, 6) is -1.50. The van der Waals surface area contributed by atoms with E-state index in [0.717, 1.165) is 12.1 Å². The van der Waals surface area contributed by atoms with Crippen LogP contribution in [0.2, 0.25) is 0 Å². The quantitative estimate of drug-likeness (QED) is 0.848. The molecule has 0 aliphatic heterocycles. The van der Waals surface area contributed by atoms with Crippen molar-refractivity contribution < 1.29 is 17.9 Å². The maximum atomic E-state index is 13.5. The van der Waals surface area contributed by atoms with Gasteiger partial charge in [-0.1, -0.05) is 12.1 Å². The Morgan fingerprint density at radius 3 is 2.43 bits per heavy atom. The van der Waals surface area contributed by atoms with Crippen molar-refractivity contribution in [3.63, 3.8) is 0 Å². The Hall–Kier alpha value is -2.59. The zero-order valence-electron chi connectivity index (χ0n) is 10.7. The predicted octanol–water partition coefficient (Wildman–Crippen LogP) is 2.34. The molecule has 0 atom stereocenters. The fraction of sp³-hybridized carbons (Fsp3) is 0.0714. The third kappa shape index (κ3) is 3.94. The van der Waals surface area contributed by atoms with Crippen molar-refractivity contribution in [3.05, 3.63) is 59.4 Å². The number of rotatable bonds is 4. The van der Waals surface area contributed by atoms with E-state index in [-0.39, 0.29) is 17.2 Å². The number of nitrogens with one attached hydrogen (secondary N) is 1. The van der Waals surface area contributed by atoms with Crippen LogP contribution in [0.1, 0.15) is 11.1 Å². The summed E-state index contributed by atoms with van der Waals surface area (Å²) in [4.78, 5) is 0. The maximum Gasteiger partial charge on any atom is 0.237 e. The molecule has 7 heteroatoms. The van der Waals surface area contributed by atoms with Crippen molar-refractivity contribution >= 4 is 15.7 Å². The third-order valence-electron chi connectivity index (χ3n) is 2.66. The molecule has 0 saturated carbocycles. The number of aromatic hydroxyl groups is 1. The number of nitrogens with zero attached hydrogens (tertiary/aromatic N) is 1. The first-order chi connectivity index (χ1) is 9.89. The molecular formula is C14H11FN2O3S. The number of halogens is 1. The number of hydrogen-bond acceptors (Lipinski definition) is 4. The van der Waals surface area contributed by atoms with Gasteiger partial charge in [0, 0.05) is 6.07 Å². The van der Waals surface area contributed by atoms with E-state index in [1.807, 2.05) is 6.07 Å². The molecule has 108 valence electrons. The SMILES string of the molecule is N#Cc1ccc(CS(=O)(=O)Nc2ccc(O)cc2F)cc1. The van der Waals surface area contributed by atoms with Gasteiger partial charge >= 0.3 is 0 Å². The number of sulfonamides is 1. The normalized spacial score (nSPS) is 10.9. The number of benzene rings is 2. The Balaban J connectivity index is 2.16. The Labute approximate surface area is 121 Å². The highest BCUT2D eigenvalue weighted by Crippen LogP contribution is 2.21. The monoisotopic (exact) mass is 306 g/mol. The summed E-state index contributed by atoms with van der Waals surface area (Å²) in [7, 11) is -3.80. The average molecular weight is 306 g/mol. The number of anilines is 1. The van der Waals surface area contributed by atoms with Gasteiger partial charge in [-0.2, -0.15) is 5.26 Å². The standard InChI is InChI=1S/C14H11FN2O3S/c15-13-7-12(18)5-6-14(13)17-21(19,20)9-11-3-1-10(8-16)2-4-11/h1-7,17-18H,9H2. The minimum atomic E-state index is -3.80. The largest absolute Gasteiger partial charge is 0.508 e. The highest BCUT2D eigenvalue weighted by Gasteiger charge is 2.14. The Bertz CT molecular complexity index is 796. The lowest BCUT2D eigenvalue weighted by atomic mass is 10.2. The van der Waals surface area contributed by atoms with Gasteiger partial charge in [0.25, 0.3) is 0 Å². The summed E-state index contributed by atoms with van der Waals surface area (Å²) in [5, 5.41) is 17.7. The van der Waals surface area contributed by atoms with Crippen LogP contribution in [0.4, 0.5) is 10.1 Å². The lowest BCUT2D eigenvalue weighted by molar-refractivity contribution is 0.469. The first kappa shape index (κ1) is 14.8. The van der Waals surface area contributed by atoms with Crippen molar-refractivity contribution in [1.82, 2.24) is 0 Å². The molecule has 0 bridgehead atoms. The zero-order valence-corrected chi connectivity index (χ0v) is 11.6. The summed E-state index contributed by atoms with van der Waals surface area (Å²) >= 11 is 0. The van der Waals surface area contributed by atoms with E-state index in [4.69, 9.17) is 10.4 Å². The van der Waals surface area contributed by atoms with E-state index < -0.39 is 15.8 Å². The summed E-state index contributed by atoms with van der Waals surface area (Å²) in [6, 6.07) is 11.1. The molecule has 0 spiro atoms. The van der Waals surface area contributed by atoms with Gasteiger partial charge in [0.15, 0.2) is 5.82 Å². The van der Waals surface area contributed by atoms with E-state index in [1.165, 1.54) is 30.3 Å². The van der Waals surface area contributed by atoms with Crippen LogP contribution in [0.25, 0.3) is 0 Å². The molecule has 0 radical (unpaired) electrons. The van der Waals surface area contributed by atoms with Crippen molar-refractivity contribution in [3.8, 4) is 11.8 Å². The Kier molecular flexibility index (Phi) is 4.10. The molecule has 0 aromatic heterocycles. The highest BCUT2D eigenvalue weighted by molar-refractivity contribution is 7.91. The summed E-state index contributed by atoms with van der Waals surface area (Å²) < 4.78 is 39.5. The average Bonchev–Trinajstić information content (AvgIpc) is 2.42. The van der Waals surface area contributed by atoms with E-state index in [9.17, 15) is 12.8 Å². The van der Waals surface area contributed by atoms with Gasteiger partial charge in [-0.25, -0.2) is 12.8 Å². The molecule has 2 aromatic carbocycles. The number of hydrogen-bond donors (Lipinski definition) is 2. The van der Waals surface area contributed by atoms with Gasteiger partial charge in [0.1, 0.15) is 5.75 Å². The second kappa shape index (κ2) is 5.81. The van der Waals surface area contributed by atoms with Crippen LogP contribution in [0, 0.1) is 17.1 Å². The van der Waals surface area contributed by atoms with Gasteiger partial charge in [0.05, 0.1) is 23.1 Å². The van der Waals surface area contributed by atoms with Crippen LogP contribution in [0.5, 0.6) is 5.75 Å². The van der Waals surface area contributed by atoms with E-state index >= 15 is 0 Å². The van der Waals surface area contributed by atoms with E-state index in [1.54, 1.807) is 0 Å². The van der Waals surface area contributed by atoms with Crippen molar-refractivity contribution in [2.75, 3.05) is 4.72 Å². The molecule has 2 aromatic rings. The first-order valence-corrected chi connectivity index (χ1v) is 7.53. The molecule has 0 aliphatic carbocycles.